The summed E-state index contributed by atoms with van der Waals surface area (Å²) < 4.78 is 45.1. The summed E-state index contributed by atoms with van der Waals surface area (Å²) in [5.74, 6) is 0. The summed E-state index contributed by atoms with van der Waals surface area (Å²) in [5.41, 5.74) is 15.6. The molecule has 0 bridgehead atoms. The van der Waals surface area contributed by atoms with E-state index in [9.17, 15) is 0 Å². The predicted octanol–water partition coefficient (Wildman–Crippen LogP) is 10.0. The van der Waals surface area contributed by atoms with Crippen LogP contribution in [-0.4, -0.2) is 39.9 Å². The highest BCUT2D eigenvalue weighted by Crippen LogP contribution is 2.43. The fourth-order valence-corrected chi connectivity index (χ4v) is 6.34. The minimum Gasteiger partial charge on any atom is -0.405 e. The SMILES string of the molecule is C=C(CC)C(CC)(CC)OC(CC)(CC)C(=CN)CC.C=C(CC)C(CC)(CC)OC(CC)(CC)C(=CN)CC.O=S(=O)(O)O. The first kappa shape index (κ1) is 47.8. The van der Waals surface area contributed by atoms with Crippen LogP contribution in [0.15, 0.2) is 47.9 Å². The molecule has 0 heterocycles. The van der Waals surface area contributed by atoms with Gasteiger partial charge in [0, 0.05) is 0 Å². The molecule has 0 amide bonds. The highest BCUT2D eigenvalue weighted by molar-refractivity contribution is 7.79. The highest BCUT2D eigenvalue weighted by Gasteiger charge is 2.42. The monoisotopic (exact) mass is 661 g/mol. The molecule has 0 rings (SSSR count). The topological polar surface area (TPSA) is 145 Å². The fourth-order valence-electron chi connectivity index (χ4n) is 6.34. The number of rotatable bonds is 20. The Morgan fingerprint density at radius 2 is 0.733 bits per heavy atom. The third kappa shape index (κ3) is 13.9. The highest BCUT2D eigenvalue weighted by atomic mass is 32.3. The Bertz CT molecular complexity index is 927. The van der Waals surface area contributed by atoms with E-state index < -0.39 is 10.4 Å². The zero-order valence-corrected chi connectivity index (χ0v) is 32.0. The van der Waals surface area contributed by atoms with Crippen molar-refractivity contribution in [1.29, 1.82) is 0 Å². The molecule has 0 fully saturated rings. The van der Waals surface area contributed by atoms with Gasteiger partial charge in [-0.3, -0.25) is 9.11 Å². The van der Waals surface area contributed by atoms with Gasteiger partial charge in [0.15, 0.2) is 0 Å². The first-order chi connectivity index (χ1) is 20.9. The summed E-state index contributed by atoms with van der Waals surface area (Å²) in [6.07, 6.45) is 14.9. The molecule has 0 aromatic heterocycles. The molecule has 8 nitrogen and oxygen atoms in total. The van der Waals surface area contributed by atoms with Crippen molar-refractivity contribution in [2.24, 2.45) is 11.5 Å². The first-order valence-corrected chi connectivity index (χ1v) is 18.6. The van der Waals surface area contributed by atoms with Crippen molar-refractivity contribution in [3.63, 3.8) is 0 Å². The van der Waals surface area contributed by atoms with Crippen molar-refractivity contribution in [2.75, 3.05) is 0 Å². The summed E-state index contributed by atoms with van der Waals surface area (Å²) in [5, 5.41) is 0. The third-order valence-corrected chi connectivity index (χ3v) is 9.83. The molecular formula is C36H72N2O6S. The van der Waals surface area contributed by atoms with Gasteiger partial charge in [0.1, 0.15) is 0 Å². The molecule has 0 atom stereocenters. The van der Waals surface area contributed by atoms with Crippen LogP contribution < -0.4 is 11.5 Å². The summed E-state index contributed by atoms with van der Waals surface area (Å²) >= 11 is 0. The fraction of sp³-hybridized carbons (Fsp3) is 0.778. The summed E-state index contributed by atoms with van der Waals surface area (Å²) in [7, 11) is -4.67. The molecule has 0 radical (unpaired) electrons. The predicted molar refractivity (Wildman–Crippen MR) is 194 cm³/mol. The number of nitrogens with two attached hydrogens (primary N) is 2. The lowest BCUT2D eigenvalue weighted by Crippen LogP contribution is -2.46. The Morgan fingerprint density at radius 3 is 0.844 bits per heavy atom. The second kappa shape index (κ2) is 22.8. The average Bonchev–Trinajstić information content (AvgIpc) is 3.04. The van der Waals surface area contributed by atoms with Crippen LogP contribution in [0.5, 0.6) is 0 Å². The molecule has 45 heavy (non-hydrogen) atoms. The molecule has 0 aromatic rings. The van der Waals surface area contributed by atoms with Gasteiger partial charge in [-0.2, -0.15) is 8.42 Å². The Labute approximate surface area is 278 Å². The van der Waals surface area contributed by atoms with E-state index in [1.54, 1.807) is 12.4 Å². The lowest BCUT2D eigenvalue weighted by Gasteiger charge is -2.45. The molecule has 0 aliphatic carbocycles. The average molecular weight is 661 g/mol. The van der Waals surface area contributed by atoms with E-state index in [0.717, 1.165) is 77.0 Å². The maximum absolute atomic E-state index is 8.74. The molecule has 268 valence electrons. The van der Waals surface area contributed by atoms with Crippen LogP contribution >= 0.6 is 0 Å². The second-order valence-electron chi connectivity index (χ2n) is 11.5. The van der Waals surface area contributed by atoms with Crippen LogP contribution in [0.1, 0.15) is 160 Å². The van der Waals surface area contributed by atoms with Gasteiger partial charge in [-0.05, 0) is 112 Å². The Hall–Kier alpha value is -1.65. The molecule has 0 spiro atoms. The third-order valence-electron chi connectivity index (χ3n) is 9.83. The van der Waals surface area contributed by atoms with Gasteiger partial charge in [0.05, 0.1) is 22.4 Å². The maximum Gasteiger partial charge on any atom is 0.394 e. The van der Waals surface area contributed by atoms with E-state index in [1.807, 2.05) is 0 Å². The van der Waals surface area contributed by atoms with Gasteiger partial charge in [0.2, 0.25) is 0 Å². The van der Waals surface area contributed by atoms with Gasteiger partial charge in [-0.1, -0.05) is 96.2 Å². The van der Waals surface area contributed by atoms with E-state index in [1.165, 1.54) is 22.3 Å². The quantitative estimate of drug-likeness (QED) is 0.0745. The van der Waals surface area contributed by atoms with Crippen molar-refractivity contribution in [3.8, 4) is 0 Å². The van der Waals surface area contributed by atoms with Crippen LogP contribution in [0, 0.1) is 0 Å². The molecule has 0 saturated carbocycles. The normalized spacial score (nSPS) is 13.4. The van der Waals surface area contributed by atoms with Crippen molar-refractivity contribution >= 4 is 10.4 Å². The second-order valence-corrected chi connectivity index (χ2v) is 12.4. The lowest BCUT2D eigenvalue weighted by molar-refractivity contribution is -0.129. The number of hydrogen-bond donors (Lipinski definition) is 4. The zero-order valence-electron chi connectivity index (χ0n) is 31.1. The van der Waals surface area contributed by atoms with Gasteiger partial charge < -0.3 is 20.9 Å². The number of ether oxygens (including phenoxy) is 2. The lowest BCUT2D eigenvalue weighted by atomic mass is 9.82. The van der Waals surface area contributed by atoms with E-state index in [-0.39, 0.29) is 22.4 Å². The summed E-state index contributed by atoms with van der Waals surface area (Å²) in [6, 6.07) is 0. The molecule has 6 N–H and O–H groups in total. The maximum atomic E-state index is 8.74. The van der Waals surface area contributed by atoms with Crippen LogP contribution in [-0.2, 0) is 19.9 Å². The first-order valence-electron chi connectivity index (χ1n) is 17.2. The van der Waals surface area contributed by atoms with Gasteiger partial charge in [0.25, 0.3) is 0 Å². The Balaban J connectivity index is -0.000000680. The Kier molecular flexibility index (Phi) is 24.2. The van der Waals surface area contributed by atoms with E-state index >= 15 is 0 Å². The van der Waals surface area contributed by atoms with Crippen LogP contribution in [0.2, 0.25) is 0 Å². The van der Waals surface area contributed by atoms with Crippen LogP contribution in [0.3, 0.4) is 0 Å². The van der Waals surface area contributed by atoms with Crippen LogP contribution in [0.25, 0.3) is 0 Å². The molecule has 0 aromatic carbocycles. The summed E-state index contributed by atoms with van der Waals surface area (Å²) in [4.78, 5) is 0. The van der Waals surface area contributed by atoms with E-state index in [0.29, 0.717) is 0 Å². The summed E-state index contributed by atoms with van der Waals surface area (Å²) in [6.45, 7) is 34.7. The van der Waals surface area contributed by atoms with Crippen molar-refractivity contribution in [3.05, 3.63) is 47.9 Å². The van der Waals surface area contributed by atoms with E-state index in [4.69, 9.17) is 38.5 Å². The minimum absolute atomic E-state index is 0.232. The van der Waals surface area contributed by atoms with Crippen molar-refractivity contribution in [2.45, 2.75) is 183 Å². The smallest absolute Gasteiger partial charge is 0.394 e. The van der Waals surface area contributed by atoms with Gasteiger partial charge in [-0.25, -0.2) is 0 Å². The van der Waals surface area contributed by atoms with Crippen molar-refractivity contribution in [1.82, 2.24) is 0 Å². The molecule has 0 aliphatic rings. The molecule has 9 heteroatoms. The van der Waals surface area contributed by atoms with Crippen LogP contribution in [0.4, 0.5) is 0 Å². The van der Waals surface area contributed by atoms with Gasteiger partial charge in [-0.15, -0.1) is 0 Å². The molecule has 0 saturated heterocycles. The molecule has 0 unspecified atom stereocenters. The largest absolute Gasteiger partial charge is 0.405 e. The zero-order chi connectivity index (χ0) is 36.1. The molecule has 0 aliphatic heterocycles. The molecular weight excluding hydrogens is 588 g/mol. The van der Waals surface area contributed by atoms with Crippen molar-refractivity contribution < 1.29 is 27.0 Å². The Morgan fingerprint density at radius 1 is 0.533 bits per heavy atom. The standard InChI is InChI=1S/2C18H35NO.H2O4S/c2*1-8-15(7)17(10-3,11-4)20-18(12-5,13-6)16(9-2)14-19;1-5(2,3)4/h2*14H,7-13,19H2,1-6H3;(H2,1,2,3,4). The van der Waals surface area contributed by atoms with Gasteiger partial charge >= 0.3 is 10.4 Å². The number of hydrogen-bond acceptors (Lipinski definition) is 6. The van der Waals surface area contributed by atoms with E-state index in [2.05, 4.69) is 96.2 Å². The minimum atomic E-state index is -4.67.